The highest BCUT2D eigenvalue weighted by atomic mass is 32.2. The van der Waals surface area contributed by atoms with Crippen LogP contribution in [0.25, 0.3) is 0 Å². The van der Waals surface area contributed by atoms with Crippen molar-refractivity contribution in [3.63, 3.8) is 0 Å². The van der Waals surface area contributed by atoms with Gasteiger partial charge in [-0.05, 0) is 42.2 Å². The fourth-order valence-corrected chi connectivity index (χ4v) is 6.88. The van der Waals surface area contributed by atoms with E-state index in [2.05, 4.69) is 75.6 Å². The van der Waals surface area contributed by atoms with Gasteiger partial charge in [0.2, 0.25) is 0 Å². The van der Waals surface area contributed by atoms with Crippen LogP contribution in [-0.2, 0) is 0 Å². The number of hydrogen-bond acceptors (Lipinski definition) is 3. The highest BCUT2D eigenvalue weighted by Crippen LogP contribution is 2.46. The van der Waals surface area contributed by atoms with Crippen LogP contribution >= 0.6 is 23.5 Å². The highest BCUT2D eigenvalue weighted by Gasteiger charge is 2.35. The van der Waals surface area contributed by atoms with Crippen molar-refractivity contribution in [3.05, 3.63) is 41.5 Å². The van der Waals surface area contributed by atoms with Gasteiger partial charge in [-0.25, -0.2) is 4.79 Å². The van der Waals surface area contributed by atoms with Crippen molar-refractivity contribution in [1.82, 2.24) is 5.32 Å². The molecule has 0 saturated carbocycles. The zero-order valence-corrected chi connectivity index (χ0v) is 21.1. The molecule has 1 aromatic rings. The number of hydrogen-bond donors (Lipinski definition) is 2. The maximum Gasteiger partial charge on any atom is 0.319 e. The molecule has 1 saturated heterocycles. The number of unbranched alkanes of at least 4 members (excludes halogenated alkanes) is 2. The lowest BCUT2D eigenvalue weighted by molar-refractivity contribution is 0.251. The molecule has 0 aromatic heterocycles. The summed E-state index contributed by atoms with van der Waals surface area (Å²) in [6.45, 7) is 11.6. The molecular weight excluding hydrogens is 408 g/mol. The Morgan fingerprint density at radius 1 is 1.07 bits per heavy atom. The number of carbonyl (C=O) groups is 1. The lowest BCUT2D eigenvalue weighted by atomic mass is 9.93. The highest BCUT2D eigenvalue weighted by molar-refractivity contribution is 8.21. The summed E-state index contributed by atoms with van der Waals surface area (Å²) in [5.74, 6) is 3.07. The van der Waals surface area contributed by atoms with Crippen molar-refractivity contribution in [2.45, 2.75) is 82.6 Å². The molecule has 2 N–H and O–H groups in total. The van der Waals surface area contributed by atoms with Gasteiger partial charge in [0.05, 0.1) is 4.08 Å². The minimum atomic E-state index is -0.0871. The van der Waals surface area contributed by atoms with Crippen LogP contribution in [0.1, 0.15) is 89.7 Å². The van der Waals surface area contributed by atoms with Gasteiger partial charge in [0, 0.05) is 23.7 Å². The number of rotatable bonds is 11. The Morgan fingerprint density at radius 3 is 2.23 bits per heavy atom. The van der Waals surface area contributed by atoms with Crippen LogP contribution < -0.4 is 10.6 Å². The first kappa shape index (κ1) is 25.2. The number of thioether (sulfide) groups is 2. The molecule has 168 valence electrons. The van der Waals surface area contributed by atoms with E-state index in [0.29, 0.717) is 18.4 Å². The van der Waals surface area contributed by atoms with Gasteiger partial charge in [-0.15, -0.1) is 23.5 Å². The van der Waals surface area contributed by atoms with Gasteiger partial charge in [-0.3, -0.25) is 0 Å². The number of carbonyl (C=O) groups excluding carboxylic acids is 1. The van der Waals surface area contributed by atoms with E-state index in [1.807, 2.05) is 23.5 Å². The van der Waals surface area contributed by atoms with Crippen molar-refractivity contribution in [1.29, 1.82) is 0 Å². The van der Waals surface area contributed by atoms with Gasteiger partial charge >= 0.3 is 6.03 Å². The molecule has 30 heavy (non-hydrogen) atoms. The average Bonchev–Trinajstić information content (AvgIpc) is 3.18. The topological polar surface area (TPSA) is 41.1 Å². The molecule has 0 radical (unpaired) electrons. The number of urea groups is 1. The molecule has 1 aliphatic heterocycles. The van der Waals surface area contributed by atoms with E-state index in [1.54, 1.807) is 0 Å². The van der Waals surface area contributed by atoms with E-state index < -0.39 is 0 Å². The van der Waals surface area contributed by atoms with E-state index >= 15 is 0 Å². The third-order valence-electron chi connectivity index (χ3n) is 5.53. The minimum absolute atomic E-state index is 0.0871. The van der Waals surface area contributed by atoms with Crippen molar-refractivity contribution in [2.24, 2.45) is 0 Å². The molecule has 2 amide bonds. The molecular formula is C25H40N2OS2. The van der Waals surface area contributed by atoms with Crippen LogP contribution in [0, 0.1) is 0 Å². The average molecular weight is 449 g/mol. The molecule has 1 fully saturated rings. The summed E-state index contributed by atoms with van der Waals surface area (Å²) < 4.78 is 0.102. The number of amides is 2. The summed E-state index contributed by atoms with van der Waals surface area (Å²) in [6.07, 6.45) is 10.5. The maximum atomic E-state index is 12.9. The van der Waals surface area contributed by atoms with Crippen molar-refractivity contribution in [2.75, 3.05) is 23.4 Å². The number of nitrogens with one attached hydrogen (secondary N) is 2. The molecule has 1 aliphatic rings. The monoisotopic (exact) mass is 448 g/mol. The second-order valence-electron chi connectivity index (χ2n) is 8.69. The fraction of sp³-hybridized carbons (Fsp3) is 0.640. The summed E-state index contributed by atoms with van der Waals surface area (Å²) >= 11 is 4.02. The van der Waals surface area contributed by atoms with Gasteiger partial charge < -0.3 is 10.6 Å². The molecule has 1 aromatic carbocycles. The molecule has 0 unspecified atom stereocenters. The van der Waals surface area contributed by atoms with E-state index in [9.17, 15) is 4.79 Å². The van der Waals surface area contributed by atoms with E-state index in [1.165, 1.54) is 41.9 Å². The minimum Gasteiger partial charge on any atom is -0.336 e. The Labute approximate surface area is 192 Å². The first-order chi connectivity index (χ1) is 14.4. The quantitative estimate of drug-likeness (QED) is 0.268. The molecule has 0 atom stereocenters. The summed E-state index contributed by atoms with van der Waals surface area (Å²) in [7, 11) is 0. The van der Waals surface area contributed by atoms with Gasteiger partial charge in [0.15, 0.2) is 0 Å². The largest absolute Gasteiger partial charge is 0.336 e. The molecule has 2 rings (SSSR count). The van der Waals surface area contributed by atoms with Crippen molar-refractivity contribution < 1.29 is 4.79 Å². The fourth-order valence-electron chi connectivity index (χ4n) is 3.76. The van der Waals surface area contributed by atoms with E-state index in [0.717, 1.165) is 18.5 Å². The normalized spacial score (nSPS) is 16.0. The summed E-state index contributed by atoms with van der Waals surface area (Å²) in [5, 5.41) is 6.38. The second kappa shape index (κ2) is 12.7. The van der Waals surface area contributed by atoms with Crippen LogP contribution in [0.2, 0.25) is 0 Å². The standard InChI is InChI=1S/C25H40N2OS2/c1-6-7-8-9-10-11-15-25(29-16-17-30-25)18-26-24(28)27-23-21(19(2)3)13-12-14-22(23)20(4)5/h9-10,12-14,19-20H,6-8,11,15-18H2,1-5H3,(H2,26,27,28). The van der Waals surface area contributed by atoms with E-state index in [-0.39, 0.29) is 10.1 Å². The zero-order chi connectivity index (χ0) is 22.0. The predicted octanol–water partition coefficient (Wildman–Crippen LogP) is 7.76. The first-order valence-electron chi connectivity index (χ1n) is 11.5. The van der Waals surface area contributed by atoms with Crippen LogP contribution in [0.3, 0.4) is 0 Å². The summed E-state index contributed by atoms with van der Waals surface area (Å²) in [4.78, 5) is 12.9. The Morgan fingerprint density at radius 2 is 1.67 bits per heavy atom. The van der Waals surface area contributed by atoms with Crippen LogP contribution in [0.5, 0.6) is 0 Å². The molecule has 0 spiro atoms. The Hall–Kier alpha value is -1.07. The summed E-state index contributed by atoms with van der Waals surface area (Å²) in [6, 6.07) is 6.27. The third-order valence-corrected chi connectivity index (χ3v) is 9.06. The molecule has 0 aliphatic carbocycles. The number of anilines is 1. The van der Waals surface area contributed by atoms with Crippen molar-refractivity contribution >= 4 is 35.2 Å². The van der Waals surface area contributed by atoms with Crippen molar-refractivity contribution in [3.8, 4) is 0 Å². The van der Waals surface area contributed by atoms with Gasteiger partial charge in [-0.2, -0.15) is 0 Å². The SMILES string of the molecule is CCCCC=CCCC1(CNC(=O)Nc2c(C(C)C)cccc2C(C)C)SCCS1. The predicted molar refractivity (Wildman–Crippen MR) is 137 cm³/mol. The molecule has 3 nitrogen and oxygen atoms in total. The van der Waals surface area contributed by atoms with Crippen LogP contribution in [-0.4, -0.2) is 28.2 Å². The lowest BCUT2D eigenvalue weighted by Crippen LogP contribution is -2.39. The van der Waals surface area contributed by atoms with Gasteiger partial charge in [-0.1, -0.05) is 77.8 Å². The second-order valence-corrected chi connectivity index (χ2v) is 11.9. The van der Waals surface area contributed by atoms with Crippen LogP contribution in [0.15, 0.2) is 30.4 Å². The van der Waals surface area contributed by atoms with Crippen LogP contribution in [0.4, 0.5) is 10.5 Å². The molecule has 5 heteroatoms. The first-order valence-corrected chi connectivity index (χ1v) is 13.5. The Kier molecular flexibility index (Phi) is 10.7. The van der Waals surface area contributed by atoms with Gasteiger partial charge in [0.25, 0.3) is 0 Å². The molecule has 0 bridgehead atoms. The lowest BCUT2D eigenvalue weighted by Gasteiger charge is -2.27. The smallest absolute Gasteiger partial charge is 0.319 e. The number of benzene rings is 1. The zero-order valence-electron chi connectivity index (χ0n) is 19.4. The van der Waals surface area contributed by atoms with E-state index in [4.69, 9.17) is 0 Å². The Balaban J connectivity index is 1.98. The third kappa shape index (κ3) is 7.56. The summed E-state index contributed by atoms with van der Waals surface area (Å²) in [5.41, 5.74) is 3.39. The number of para-hydroxylation sites is 1. The maximum absolute atomic E-state index is 12.9. The number of allylic oxidation sites excluding steroid dienone is 2. The Bertz CT molecular complexity index is 668. The van der Waals surface area contributed by atoms with Gasteiger partial charge in [0.1, 0.15) is 0 Å². The molecule has 1 heterocycles.